The molecule has 0 unspecified atom stereocenters. The first-order valence-electron chi connectivity index (χ1n) is 9.53. The molecule has 3 aromatic rings. The van der Waals surface area contributed by atoms with Crippen LogP contribution in [-0.4, -0.2) is 38.3 Å². The first-order chi connectivity index (χ1) is 14.8. The van der Waals surface area contributed by atoms with E-state index in [-0.39, 0.29) is 47.2 Å². The van der Waals surface area contributed by atoms with Crippen LogP contribution in [0.5, 0.6) is 0 Å². The summed E-state index contributed by atoms with van der Waals surface area (Å²) in [5, 5.41) is 7.63. The fraction of sp³-hybridized carbons (Fsp3) is 0.350. The van der Waals surface area contributed by atoms with E-state index in [0.717, 1.165) is 31.0 Å². The van der Waals surface area contributed by atoms with Crippen LogP contribution in [-0.2, 0) is 17.5 Å². The van der Waals surface area contributed by atoms with Crippen molar-refractivity contribution in [2.24, 2.45) is 0 Å². The SMILES string of the molecule is CCOC(=O)c1noc(C2CC2)c1C(=O)c1ccc(C(F)(F)F)cc1Cn1cncn1. The van der Waals surface area contributed by atoms with Crippen molar-refractivity contribution in [1.82, 2.24) is 19.9 Å². The number of aromatic nitrogens is 4. The first-order valence-corrected chi connectivity index (χ1v) is 9.53. The molecule has 11 heteroatoms. The zero-order valence-corrected chi connectivity index (χ0v) is 16.3. The molecular formula is C20H17F3N4O4. The first kappa shape index (κ1) is 20.8. The maximum atomic E-state index is 13.5. The molecule has 0 bridgehead atoms. The van der Waals surface area contributed by atoms with Gasteiger partial charge in [-0.2, -0.15) is 18.3 Å². The van der Waals surface area contributed by atoms with Crippen LogP contribution in [0, 0.1) is 0 Å². The van der Waals surface area contributed by atoms with Gasteiger partial charge >= 0.3 is 12.1 Å². The van der Waals surface area contributed by atoms with Crippen molar-refractivity contribution in [2.75, 3.05) is 6.61 Å². The molecule has 1 fully saturated rings. The monoisotopic (exact) mass is 434 g/mol. The van der Waals surface area contributed by atoms with Crippen molar-refractivity contribution < 1.29 is 32.0 Å². The van der Waals surface area contributed by atoms with Crippen molar-refractivity contribution >= 4 is 11.8 Å². The lowest BCUT2D eigenvalue weighted by atomic mass is 9.94. The lowest BCUT2D eigenvalue weighted by molar-refractivity contribution is -0.137. The minimum absolute atomic E-state index is 0.0147. The number of carbonyl (C=O) groups is 2. The van der Waals surface area contributed by atoms with Crippen LogP contribution in [0.15, 0.2) is 35.4 Å². The zero-order valence-electron chi connectivity index (χ0n) is 16.3. The predicted octanol–water partition coefficient (Wildman–Crippen LogP) is 3.62. The highest BCUT2D eigenvalue weighted by molar-refractivity contribution is 6.15. The van der Waals surface area contributed by atoms with Crippen molar-refractivity contribution in [3.05, 3.63) is 64.6 Å². The minimum Gasteiger partial charge on any atom is -0.461 e. The van der Waals surface area contributed by atoms with E-state index < -0.39 is 23.5 Å². The van der Waals surface area contributed by atoms with Crippen LogP contribution >= 0.6 is 0 Å². The summed E-state index contributed by atoms with van der Waals surface area (Å²) in [6, 6.07) is 2.81. The van der Waals surface area contributed by atoms with Crippen molar-refractivity contribution in [3.8, 4) is 0 Å². The molecule has 1 aliphatic rings. The minimum atomic E-state index is -4.59. The van der Waals surface area contributed by atoms with Gasteiger partial charge in [0, 0.05) is 11.5 Å². The molecule has 1 saturated carbocycles. The Kier molecular flexibility index (Phi) is 5.34. The number of halogens is 3. The second-order valence-corrected chi connectivity index (χ2v) is 7.06. The smallest absolute Gasteiger partial charge is 0.416 e. The van der Waals surface area contributed by atoms with E-state index >= 15 is 0 Å². The van der Waals surface area contributed by atoms with E-state index in [2.05, 4.69) is 15.2 Å². The van der Waals surface area contributed by atoms with Gasteiger partial charge < -0.3 is 9.26 Å². The third-order valence-electron chi connectivity index (χ3n) is 4.84. The van der Waals surface area contributed by atoms with Gasteiger partial charge in [-0.1, -0.05) is 11.2 Å². The molecular weight excluding hydrogens is 417 g/mol. The predicted molar refractivity (Wildman–Crippen MR) is 98.4 cm³/mol. The molecule has 0 atom stereocenters. The number of hydrogen-bond acceptors (Lipinski definition) is 7. The average molecular weight is 434 g/mol. The van der Waals surface area contributed by atoms with Crippen LogP contribution in [0.1, 0.15) is 69.0 Å². The average Bonchev–Trinajstić information content (AvgIpc) is 3.25. The van der Waals surface area contributed by atoms with Crippen LogP contribution < -0.4 is 0 Å². The third-order valence-corrected chi connectivity index (χ3v) is 4.84. The summed E-state index contributed by atoms with van der Waals surface area (Å²) in [5.41, 5.74) is -1.19. The van der Waals surface area contributed by atoms with Gasteiger partial charge in [0.15, 0.2) is 11.5 Å². The lowest BCUT2D eigenvalue weighted by Crippen LogP contribution is -2.16. The van der Waals surface area contributed by atoms with Gasteiger partial charge in [-0.05, 0) is 37.5 Å². The number of esters is 1. The van der Waals surface area contributed by atoms with Crippen LogP contribution in [0.3, 0.4) is 0 Å². The fourth-order valence-corrected chi connectivity index (χ4v) is 3.23. The summed E-state index contributed by atoms with van der Waals surface area (Å²) in [6.07, 6.45) is -0.509. The fourth-order valence-electron chi connectivity index (χ4n) is 3.23. The van der Waals surface area contributed by atoms with E-state index in [1.807, 2.05) is 0 Å². The third kappa shape index (κ3) is 4.21. The highest BCUT2D eigenvalue weighted by atomic mass is 19.4. The standard InChI is InChI=1S/C20H17F3N4O4/c1-2-30-19(29)16-15(18(31-26-16)11-3-4-11)17(28)14-6-5-13(20(21,22)23)7-12(14)8-27-10-24-9-25-27/h5-7,9-11H,2-4,8H2,1H3. The van der Waals surface area contributed by atoms with Gasteiger partial charge in [0.05, 0.1) is 18.7 Å². The van der Waals surface area contributed by atoms with Gasteiger partial charge in [-0.25, -0.2) is 14.5 Å². The quantitative estimate of drug-likeness (QED) is 0.414. The van der Waals surface area contributed by atoms with Crippen molar-refractivity contribution in [2.45, 2.75) is 38.4 Å². The Balaban J connectivity index is 1.81. The molecule has 4 rings (SSSR count). The van der Waals surface area contributed by atoms with Crippen LogP contribution in [0.2, 0.25) is 0 Å². The van der Waals surface area contributed by atoms with Crippen molar-refractivity contribution in [1.29, 1.82) is 0 Å². The summed E-state index contributed by atoms with van der Waals surface area (Å²) in [5.74, 6) is -1.30. The van der Waals surface area contributed by atoms with E-state index in [4.69, 9.17) is 9.26 Å². The Morgan fingerprint density at radius 1 is 1.29 bits per heavy atom. The number of carbonyl (C=O) groups excluding carboxylic acids is 2. The van der Waals surface area contributed by atoms with E-state index in [1.165, 1.54) is 17.3 Å². The highest BCUT2D eigenvalue weighted by Gasteiger charge is 2.38. The summed E-state index contributed by atoms with van der Waals surface area (Å²) >= 11 is 0. The summed E-state index contributed by atoms with van der Waals surface area (Å²) in [7, 11) is 0. The largest absolute Gasteiger partial charge is 0.461 e. The summed E-state index contributed by atoms with van der Waals surface area (Å²) in [4.78, 5) is 29.6. The number of ketones is 1. The summed E-state index contributed by atoms with van der Waals surface area (Å²) in [6.45, 7) is 1.55. The normalized spacial score (nSPS) is 13.9. The van der Waals surface area contributed by atoms with Crippen LogP contribution in [0.4, 0.5) is 13.2 Å². The zero-order chi connectivity index (χ0) is 22.2. The molecule has 0 amide bonds. The molecule has 0 saturated heterocycles. The van der Waals surface area contributed by atoms with Crippen LogP contribution in [0.25, 0.3) is 0 Å². The number of nitrogens with zero attached hydrogens (tertiary/aromatic N) is 4. The molecule has 162 valence electrons. The Bertz CT molecular complexity index is 1120. The van der Waals surface area contributed by atoms with Gasteiger partial charge in [0.2, 0.25) is 5.69 Å². The number of ether oxygens (including phenoxy) is 1. The van der Waals surface area contributed by atoms with E-state index in [9.17, 15) is 22.8 Å². The van der Waals surface area contributed by atoms with Crippen molar-refractivity contribution in [3.63, 3.8) is 0 Å². The second kappa shape index (κ2) is 7.97. The molecule has 2 aromatic heterocycles. The Labute approximate surface area is 174 Å². The number of benzene rings is 1. The number of hydrogen-bond donors (Lipinski definition) is 0. The molecule has 0 aliphatic heterocycles. The molecule has 0 N–H and O–H groups in total. The molecule has 31 heavy (non-hydrogen) atoms. The van der Waals surface area contributed by atoms with E-state index in [1.54, 1.807) is 6.92 Å². The number of rotatable bonds is 7. The van der Waals surface area contributed by atoms with Gasteiger partial charge in [-0.15, -0.1) is 0 Å². The Hall–Kier alpha value is -3.50. The lowest BCUT2D eigenvalue weighted by Gasteiger charge is -2.13. The van der Waals surface area contributed by atoms with E-state index in [0.29, 0.717) is 0 Å². The molecule has 8 nitrogen and oxygen atoms in total. The topological polar surface area (TPSA) is 100 Å². The highest BCUT2D eigenvalue weighted by Crippen LogP contribution is 2.43. The maximum absolute atomic E-state index is 13.5. The number of alkyl halides is 3. The molecule has 2 heterocycles. The molecule has 0 radical (unpaired) electrons. The second-order valence-electron chi connectivity index (χ2n) is 7.06. The Morgan fingerprint density at radius 2 is 2.06 bits per heavy atom. The van der Waals surface area contributed by atoms with Gasteiger partial charge in [0.1, 0.15) is 18.2 Å². The van der Waals surface area contributed by atoms with Gasteiger partial charge in [-0.3, -0.25) is 4.79 Å². The van der Waals surface area contributed by atoms with Gasteiger partial charge in [0.25, 0.3) is 0 Å². The maximum Gasteiger partial charge on any atom is 0.416 e. The molecule has 1 aromatic carbocycles. The Morgan fingerprint density at radius 3 is 2.68 bits per heavy atom. The summed E-state index contributed by atoms with van der Waals surface area (Å²) < 4.78 is 51.4. The molecule has 0 spiro atoms. The molecule has 1 aliphatic carbocycles.